The average molecular weight is 296 g/mol. The molecule has 22 heavy (non-hydrogen) atoms. The molecule has 3 rings (SSSR count). The van der Waals surface area contributed by atoms with Crippen LogP contribution in [0.3, 0.4) is 0 Å². The Hall–Kier alpha value is -2.65. The fourth-order valence-corrected chi connectivity index (χ4v) is 2.74. The van der Waals surface area contributed by atoms with E-state index in [1.54, 1.807) is 29.2 Å². The highest BCUT2D eigenvalue weighted by Crippen LogP contribution is 2.33. The zero-order valence-corrected chi connectivity index (χ0v) is 12.3. The lowest BCUT2D eigenvalue weighted by Gasteiger charge is -2.32. The molecule has 0 unspecified atom stereocenters. The first-order valence-electron chi connectivity index (χ1n) is 7.14. The Bertz CT molecular complexity index is 709. The second-order valence-corrected chi connectivity index (χ2v) is 5.46. The maximum atomic E-state index is 12.6. The Morgan fingerprint density at radius 1 is 1.23 bits per heavy atom. The predicted octanol–water partition coefficient (Wildman–Crippen LogP) is 0.690. The molecule has 6 nitrogen and oxygen atoms in total. The van der Waals surface area contributed by atoms with E-state index in [0.29, 0.717) is 24.3 Å². The van der Waals surface area contributed by atoms with Gasteiger partial charge in [0.2, 0.25) is 0 Å². The van der Waals surface area contributed by atoms with Gasteiger partial charge in [0.25, 0.3) is 11.8 Å². The largest absolute Gasteiger partial charge is 0.335 e. The van der Waals surface area contributed by atoms with Crippen molar-refractivity contribution in [3.63, 3.8) is 0 Å². The molecular formula is C16H16N4O2. The van der Waals surface area contributed by atoms with Gasteiger partial charge in [-0.15, -0.1) is 0 Å². The second kappa shape index (κ2) is 5.62. The molecule has 6 heteroatoms. The molecule has 0 aromatic heterocycles. The van der Waals surface area contributed by atoms with E-state index in [-0.39, 0.29) is 23.0 Å². The molecule has 2 aliphatic heterocycles. The molecule has 0 bridgehead atoms. The van der Waals surface area contributed by atoms with Gasteiger partial charge < -0.3 is 15.1 Å². The minimum Gasteiger partial charge on any atom is -0.335 e. The van der Waals surface area contributed by atoms with Crippen molar-refractivity contribution in [1.82, 2.24) is 9.80 Å². The van der Waals surface area contributed by atoms with Gasteiger partial charge in [-0.05, 0) is 13.1 Å². The van der Waals surface area contributed by atoms with E-state index >= 15 is 0 Å². The Kier molecular flexibility index (Phi) is 3.65. The molecule has 2 aliphatic rings. The summed E-state index contributed by atoms with van der Waals surface area (Å²) >= 11 is 0. The summed E-state index contributed by atoms with van der Waals surface area (Å²) in [5.41, 5.74) is 1.36. The molecule has 112 valence electrons. The fraction of sp³-hybridized carbons (Fsp3) is 0.312. The van der Waals surface area contributed by atoms with E-state index in [4.69, 9.17) is 0 Å². The van der Waals surface area contributed by atoms with Gasteiger partial charge in [0.15, 0.2) is 0 Å². The van der Waals surface area contributed by atoms with Crippen molar-refractivity contribution in [3.05, 3.63) is 35.4 Å². The highest BCUT2D eigenvalue weighted by atomic mass is 16.2. The standard InChI is InChI=1S/C16H16N4O2/c1-19-6-8-20(9-7-19)16(22)12(10-17)14-11-4-2-3-5-13(11)18-15(14)21/h2-5H,6-9H2,1H3,(H,18,21). The number of hydrogen-bond donors (Lipinski definition) is 1. The van der Waals surface area contributed by atoms with Crippen molar-refractivity contribution in [3.8, 4) is 6.07 Å². The predicted molar refractivity (Wildman–Crippen MR) is 81.7 cm³/mol. The average Bonchev–Trinajstić information content (AvgIpc) is 2.85. The minimum atomic E-state index is -0.389. The van der Waals surface area contributed by atoms with E-state index in [2.05, 4.69) is 10.2 Å². The maximum absolute atomic E-state index is 12.6. The van der Waals surface area contributed by atoms with E-state index in [1.165, 1.54) is 0 Å². The van der Waals surface area contributed by atoms with Crippen molar-refractivity contribution in [2.24, 2.45) is 0 Å². The molecule has 2 heterocycles. The minimum absolute atomic E-state index is 0.0768. The van der Waals surface area contributed by atoms with Crippen LogP contribution in [-0.2, 0) is 9.59 Å². The van der Waals surface area contributed by atoms with Crippen LogP contribution in [0.4, 0.5) is 5.69 Å². The molecule has 1 N–H and O–H groups in total. The SMILES string of the molecule is CN1CCN(C(=O)C(C#N)=C2C(=O)Nc3ccccc32)CC1. The summed E-state index contributed by atoms with van der Waals surface area (Å²) in [4.78, 5) is 28.6. The summed E-state index contributed by atoms with van der Waals surface area (Å²) in [6.45, 7) is 2.67. The third-order valence-electron chi connectivity index (χ3n) is 4.04. The molecule has 1 aromatic rings. The number of likely N-dealkylation sites (N-methyl/N-ethyl adjacent to an activating group) is 1. The van der Waals surface area contributed by atoms with Crippen molar-refractivity contribution >= 4 is 23.1 Å². The number of rotatable bonds is 1. The first-order valence-corrected chi connectivity index (χ1v) is 7.14. The van der Waals surface area contributed by atoms with Crippen molar-refractivity contribution in [1.29, 1.82) is 5.26 Å². The van der Waals surface area contributed by atoms with Crippen LogP contribution < -0.4 is 5.32 Å². The summed E-state index contributed by atoms with van der Waals surface area (Å²) in [5, 5.41) is 12.1. The van der Waals surface area contributed by atoms with E-state index in [9.17, 15) is 14.9 Å². The summed E-state index contributed by atoms with van der Waals surface area (Å²) < 4.78 is 0. The molecule has 0 saturated carbocycles. The normalized spacial score (nSPS) is 20.2. The molecule has 0 aliphatic carbocycles. The van der Waals surface area contributed by atoms with Crippen molar-refractivity contribution in [2.45, 2.75) is 0 Å². The molecule has 1 saturated heterocycles. The summed E-state index contributed by atoms with van der Waals surface area (Å²) in [7, 11) is 1.99. The Morgan fingerprint density at radius 3 is 2.59 bits per heavy atom. The topological polar surface area (TPSA) is 76.4 Å². The van der Waals surface area contributed by atoms with Gasteiger partial charge >= 0.3 is 0 Å². The third-order valence-corrected chi connectivity index (χ3v) is 4.04. The number of amides is 2. The van der Waals surface area contributed by atoms with Gasteiger partial charge in [-0.3, -0.25) is 9.59 Å². The van der Waals surface area contributed by atoms with Gasteiger partial charge in [-0.2, -0.15) is 5.26 Å². The summed E-state index contributed by atoms with van der Waals surface area (Å²) in [5.74, 6) is -0.752. The van der Waals surface area contributed by atoms with Gasteiger partial charge in [0.1, 0.15) is 11.6 Å². The third kappa shape index (κ3) is 2.36. The molecule has 1 fully saturated rings. The highest BCUT2D eigenvalue weighted by molar-refractivity contribution is 6.36. The molecule has 2 amide bonds. The lowest BCUT2D eigenvalue weighted by atomic mass is 10.0. The molecule has 1 aromatic carbocycles. The number of para-hydroxylation sites is 1. The monoisotopic (exact) mass is 296 g/mol. The number of fused-ring (bicyclic) bond motifs is 1. The van der Waals surface area contributed by atoms with Crippen LogP contribution in [0.1, 0.15) is 5.56 Å². The number of hydrogen-bond acceptors (Lipinski definition) is 4. The van der Waals surface area contributed by atoms with E-state index in [1.807, 2.05) is 13.1 Å². The molecular weight excluding hydrogens is 280 g/mol. The number of nitrogens with zero attached hydrogens (tertiary/aromatic N) is 3. The summed E-state index contributed by atoms with van der Waals surface area (Å²) in [6.07, 6.45) is 0. The number of carbonyl (C=O) groups excluding carboxylic acids is 2. The lowest BCUT2D eigenvalue weighted by molar-refractivity contribution is -0.128. The number of nitriles is 1. The smallest absolute Gasteiger partial charge is 0.265 e. The number of carbonyl (C=O) groups is 2. The van der Waals surface area contributed by atoms with Crippen LogP contribution in [0.5, 0.6) is 0 Å². The zero-order valence-electron chi connectivity index (χ0n) is 12.3. The molecule has 0 radical (unpaired) electrons. The van der Waals surface area contributed by atoms with Crippen LogP contribution in [0.25, 0.3) is 5.57 Å². The van der Waals surface area contributed by atoms with Crippen LogP contribution in [-0.4, -0.2) is 54.8 Å². The first kappa shape index (κ1) is 14.3. The Balaban J connectivity index is 1.98. The van der Waals surface area contributed by atoms with E-state index < -0.39 is 0 Å². The van der Waals surface area contributed by atoms with Gasteiger partial charge in [0.05, 0.1) is 5.57 Å². The van der Waals surface area contributed by atoms with Crippen molar-refractivity contribution < 1.29 is 9.59 Å². The Labute approximate surface area is 128 Å². The first-order chi connectivity index (χ1) is 10.6. The number of nitrogens with one attached hydrogen (secondary N) is 1. The van der Waals surface area contributed by atoms with Gasteiger partial charge in [-0.1, -0.05) is 18.2 Å². The number of anilines is 1. The lowest BCUT2D eigenvalue weighted by Crippen LogP contribution is -2.47. The van der Waals surface area contributed by atoms with E-state index in [0.717, 1.165) is 13.1 Å². The fourth-order valence-electron chi connectivity index (χ4n) is 2.74. The van der Waals surface area contributed by atoms with Gasteiger partial charge in [-0.25, -0.2) is 0 Å². The van der Waals surface area contributed by atoms with Crippen LogP contribution >= 0.6 is 0 Å². The van der Waals surface area contributed by atoms with Crippen LogP contribution in [0.2, 0.25) is 0 Å². The quantitative estimate of drug-likeness (QED) is 0.611. The van der Waals surface area contributed by atoms with Crippen LogP contribution in [0.15, 0.2) is 29.8 Å². The number of piperazine rings is 1. The molecule has 0 atom stereocenters. The maximum Gasteiger partial charge on any atom is 0.265 e. The van der Waals surface area contributed by atoms with Crippen molar-refractivity contribution in [2.75, 3.05) is 38.5 Å². The second-order valence-electron chi connectivity index (χ2n) is 5.46. The van der Waals surface area contributed by atoms with Crippen LogP contribution in [0, 0.1) is 11.3 Å². The zero-order chi connectivity index (χ0) is 15.7. The Morgan fingerprint density at radius 2 is 1.91 bits per heavy atom. The van der Waals surface area contributed by atoms with Gasteiger partial charge in [0, 0.05) is 37.4 Å². The summed E-state index contributed by atoms with van der Waals surface area (Å²) in [6, 6.07) is 9.03. The number of benzene rings is 1. The highest BCUT2D eigenvalue weighted by Gasteiger charge is 2.32. The molecule has 0 spiro atoms.